The van der Waals surface area contributed by atoms with Gasteiger partial charge in [-0.15, -0.1) is 5.11 Å². The van der Waals surface area contributed by atoms with E-state index in [0.29, 0.717) is 17.1 Å². The summed E-state index contributed by atoms with van der Waals surface area (Å²) in [6, 6.07) is 18.0. The third kappa shape index (κ3) is 5.55. The van der Waals surface area contributed by atoms with Crippen LogP contribution in [-0.2, 0) is 6.18 Å². The van der Waals surface area contributed by atoms with E-state index in [4.69, 9.17) is 11.6 Å². The smallest absolute Gasteiger partial charge is 0.308 e. The second-order valence-corrected chi connectivity index (χ2v) is 6.23. The van der Waals surface area contributed by atoms with Gasteiger partial charge in [-0.2, -0.15) is 18.3 Å². The number of halogens is 4. The molecule has 9 heteroatoms. The van der Waals surface area contributed by atoms with Crippen LogP contribution in [0.2, 0.25) is 5.02 Å². The first-order chi connectivity index (χ1) is 13.8. The maximum atomic E-state index is 13.0. The van der Waals surface area contributed by atoms with Gasteiger partial charge in [0.1, 0.15) is 5.69 Å². The fourth-order valence-electron chi connectivity index (χ4n) is 2.38. The van der Waals surface area contributed by atoms with Crippen LogP contribution in [0.4, 0.5) is 40.7 Å². The van der Waals surface area contributed by atoms with Crippen molar-refractivity contribution in [2.24, 2.45) is 10.2 Å². The van der Waals surface area contributed by atoms with E-state index < -0.39 is 22.8 Å². The average molecular weight is 419 g/mol. The summed E-state index contributed by atoms with van der Waals surface area (Å²) in [4.78, 5) is 12.2. The number of alkyl halides is 3. The minimum atomic E-state index is -4.63. The van der Waals surface area contributed by atoms with Crippen molar-refractivity contribution in [3.63, 3.8) is 0 Å². The van der Waals surface area contributed by atoms with Crippen LogP contribution in [0.5, 0.6) is 0 Å². The number of nitrogens with zero attached hydrogens (tertiary/aromatic N) is 2. The normalized spacial score (nSPS) is 11.4. The molecule has 2 N–H and O–H groups in total. The number of benzene rings is 3. The predicted octanol–water partition coefficient (Wildman–Crippen LogP) is 7.42. The second-order valence-electron chi connectivity index (χ2n) is 5.82. The fraction of sp³-hybridized carbons (Fsp3) is 0.0500. The van der Waals surface area contributed by atoms with E-state index in [1.165, 1.54) is 6.07 Å². The molecule has 0 aliphatic heterocycles. The maximum Gasteiger partial charge on any atom is 0.417 e. The number of nitrogens with one attached hydrogen (secondary N) is 2. The van der Waals surface area contributed by atoms with Crippen LogP contribution in [0.25, 0.3) is 0 Å². The predicted molar refractivity (Wildman–Crippen MR) is 106 cm³/mol. The molecule has 3 aromatic rings. The average Bonchev–Trinajstić information content (AvgIpc) is 2.69. The van der Waals surface area contributed by atoms with Crippen LogP contribution in [-0.4, -0.2) is 6.03 Å². The summed E-state index contributed by atoms with van der Waals surface area (Å²) in [7, 11) is 0. The van der Waals surface area contributed by atoms with E-state index in [1.807, 2.05) is 18.2 Å². The summed E-state index contributed by atoms with van der Waals surface area (Å²) >= 11 is 5.58. The highest BCUT2D eigenvalue weighted by Crippen LogP contribution is 2.36. The van der Waals surface area contributed by atoms with Crippen LogP contribution >= 0.6 is 11.6 Å². The number of carbonyl (C=O) groups is 1. The number of hydrogen-bond donors (Lipinski definition) is 2. The molecule has 3 rings (SSSR count). The Balaban J connectivity index is 1.74. The molecule has 0 aliphatic carbocycles. The van der Waals surface area contributed by atoms with E-state index >= 15 is 0 Å². The van der Waals surface area contributed by atoms with Crippen LogP contribution in [0.3, 0.4) is 0 Å². The minimum Gasteiger partial charge on any atom is -0.308 e. The number of anilines is 2. The van der Waals surface area contributed by atoms with Gasteiger partial charge >= 0.3 is 12.2 Å². The summed E-state index contributed by atoms with van der Waals surface area (Å²) in [5, 5.41) is 12.7. The second kappa shape index (κ2) is 8.74. The Morgan fingerprint density at radius 3 is 2.28 bits per heavy atom. The molecule has 3 aromatic carbocycles. The number of urea groups is 1. The van der Waals surface area contributed by atoms with Crippen molar-refractivity contribution in [3.8, 4) is 0 Å². The van der Waals surface area contributed by atoms with Crippen LogP contribution in [0.1, 0.15) is 5.56 Å². The van der Waals surface area contributed by atoms with Crippen LogP contribution < -0.4 is 10.6 Å². The van der Waals surface area contributed by atoms with Crippen molar-refractivity contribution in [1.29, 1.82) is 0 Å². The van der Waals surface area contributed by atoms with Gasteiger partial charge in [0.2, 0.25) is 0 Å². The zero-order valence-corrected chi connectivity index (χ0v) is 15.5. The molecule has 0 bridgehead atoms. The van der Waals surface area contributed by atoms with Crippen molar-refractivity contribution in [2.75, 3.05) is 10.6 Å². The van der Waals surface area contributed by atoms with Crippen molar-refractivity contribution in [2.45, 2.75) is 6.18 Å². The number of para-hydroxylation sites is 1. The minimum absolute atomic E-state index is 0.0531. The molecule has 0 saturated carbocycles. The Morgan fingerprint density at radius 1 is 0.862 bits per heavy atom. The molecule has 0 unspecified atom stereocenters. The Bertz CT molecular complexity index is 1040. The monoisotopic (exact) mass is 418 g/mol. The lowest BCUT2D eigenvalue weighted by Crippen LogP contribution is -2.20. The van der Waals surface area contributed by atoms with E-state index in [2.05, 4.69) is 20.9 Å². The van der Waals surface area contributed by atoms with E-state index in [9.17, 15) is 18.0 Å². The zero-order valence-electron chi connectivity index (χ0n) is 14.7. The molecule has 2 amide bonds. The van der Waals surface area contributed by atoms with Crippen LogP contribution in [0.15, 0.2) is 83.0 Å². The highest BCUT2D eigenvalue weighted by molar-refractivity contribution is 6.31. The SMILES string of the molecule is O=C(Nc1ccc(Cl)c(C(F)(F)F)c1)Nc1ccccc1/N=N/c1ccccc1. The van der Waals surface area contributed by atoms with Crippen molar-refractivity contribution in [3.05, 3.63) is 83.4 Å². The van der Waals surface area contributed by atoms with Crippen molar-refractivity contribution in [1.82, 2.24) is 0 Å². The van der Waals surface area contributed by atoms with E-state index in [-0.39, 0.29) is 5.69 Å². The topological polar surface area (TPSA) is 65.8 Å². The largest absolute Gasteiger partial charge is 0.417 e. The van der Waals surface area contributed by atoms with Crippen molar-refractivity contribution >= 4 is 40.4 Å². The molecule has 0 fully saturated rings. The van der Waals surface area contributed by atoms with Gasteiger partial charge < -0.3 is 10.6 Å². The molecule has 0 saturated heterocycles. The molecule has 0 atom stereocenters. The van der Waals surface area contributed by atoms with Gasteiger partial charge in [0, 0.05) is 5.69 Å². The quantitative estimate of drug-likeness (QED) is 0.425. The van der Waals surface area contributed by atoms with E-state index in [1.54, 1.807) is 36.4 Å². The van der Waals surface area contributed by atoms with E-state index in [0.717, 1.165) is 12.1 Å². The van der Waals surface area contributed by atoms with Crippen molar-refractivity contribution < 1.29 is 18.0 Å². The Kier molecular flexibility index (Phi) is 6.13. The third-order valence-electron chi connectivity index (χ3n) is 3.71. The number of hydrogen-bond acceptors (Lipinski definition) is 3. The standard InChI is InChI=1S/C20H14ClF3N4O/c21-16-11-10-14(12-15(16)20(22,23)24)25-19(29)26-17-8-4-5-9-18(17)28-27-13-6-2-1-3-7-13/h1-12H,(H2,25,26,29)/b28-27+. The lowest BCUT2D eigenvalue weighted by atomic mass is 10.2. The fourth-order valence-corrected chi connectivity index (χ4v) is 2.60. The molecule has 0 heterocycles. The summed E-state index contributed by atoms with van der Waals surface area (Å²) in [5.41, 5.74) is 0.275. The van der Waals surface area contributed by atoms with Gasteiger partial charge in [-0.1, -0.05) is 41.9 Å². The van der Waals surface area contributed by atoms with Gasteiger partial charge in [0.05, 0.1) is 22.0 Å². The number of azo groups is 1. The summed E-state index contributed by atoms with van der Waals surface area (Å²) < 4.78 is 38.9. The Morgan fingerprint density at radius 2 is 1.55 bits per heavy atom. The molecular formula is C20H14ClF3N4O. The number of carbonyl (C=O) groups excluding carboxylic acids is 1. The lowest BCUT2D eigenvalue weighted by molar-refractivity contribution is -0.137. The highest BCUT2D eigenvalue weighted by Gasteiger charge is 2.33. The van der Waals surface area contributed by atoms with Gasteiger partial charge in [0.15, 0.2) is 0 Å². The molecule has 0 spiro atoms. The number of rotatable bonds is 4. The summed E-state index contributed by atoms with van der Waals surface area (Å²) in [6.07, 6.45) is -4.63. The molecular weight excluding hydrogens is 405 g/mol. The van der Waals surface area contributed by atoms with Gasteiger partial charge in [0.25, 0.3) is 0 Å². The first-order valence-electron chi connectivity index (χ1n) is 8.33. The number of amides is 2. The van der Waals surface area contributed by atoms with Gasteiger partial charge in [-0.05, 0) is 42.5 Å². The molecule has 29 heavy (non-hydrogen) atoms. The Hall–Kier alpha value is -3.39. The lowest BCUT2D eigenvalue weighted by Gasteiger charge is -2.13. The van der Waals surface area contributed by atoms with Gasteiger partial charge in [-0.25, -0.2) is 4.79 Å². The first-order valence-corrected chi connectivity index (χ1v) is 8.71. The Labute approximate surface area is 169 Å². The van der Waals surface area contributed by atoms with Crippen LogP contribution in [0, 0.1) is 0 Å². The molecule has 0 radical (unpaired) electrons. The molecule has 148 valence electrons. The zero-order chi connectivity index (χ0) is 20.9. The van der Waals surface area contributed by atoms with Gasteiger partial charge in [-0.3, -0.25) is 0 Å². The first kappa shape index (κ1) is 20.3. The summed E-state index contributed by atoms with van der Waals surface area (Å²) in [6.45, 7) is 0. The molecule has 0 aromatic heterocycles. The highest BCUT2D eigenvalue weighted by atomic mass is 35.5. The third-order valence-corrected chi connectivity index (χ3v) is 4.04. The molecule has 0 aliphatic rings. The summed E-state index contributed by atoms with van der Waals surface area (Å²) in [5.74, 6) is 0. The maximum absolute atomic E-state index is 13.0. The molecule has 5 nitrogen and oxygen atoms in total.